The van der Waals surface area contributed by atoms with Crippen LogP contribution in [0.5, 0.6) is 11.5 Å². The molecule has 2 atom stereocenters. The van der Waals surface area contributed by atoms with Crippen molar-refractivity contribution in [2.45, 2.75) is 12.8 Å². The summed E-state index contributed by atoms with van der Waals surface area (Å²) in [4.78, 5) is 0. The van der Waals surface area contributed by atoms with Crippen LogP contribution < -0.4 is 31.1 Å². The number of hydrogen-bond donors (Lipinski definition) is 2. The largest absolute Gasteiger partial charge is 0.439 e. The van der Waals surface area contributed by atoms with E-state index >= 15 is 0 Å². The highest BCUT2D eigenvalue weighted by molar-refractivity contribution is 7.68. The Labute approximate surface area is 210 Å². The predicted molar refractivity (Wildman–Crippen MR) is 147 cm³/mol. The summed E-state index contributed by atoms with van der Waals surface area (Å²) in [5.41, 5.74) is 16.7. The van der Waals surface area contributed by atoms with Crippen LogP contribution in [0.2, 0.25) is 0 Å². The molecule has 2 heterocycles. The average Bonchev–Trinajstić information content (AvgIpc) is 2.88. The number of anilines is 2. The topological polar surface area (TPSA) is 105 Å². The van der Waals surface area contributed by atoms with Crippen molar-refractivity contribution in [2.75, 3.05) is 23.8 Å². The number of unbranched alkanes of at least 4 members (excludes halogenated alkanes) is 1. The summed E-state index contributed by atoms with van der Waals surface area (Å²) in [5, 5.41) is 1.42. The van der Waals surface area contributed by atoms with Crippen LogP contribution in [0.25, 0.3) is 22.3 Å². The molecule has 2 aliphatic rings. The third-order valence-electron chi connectivity index (χ3n) is 6.78. The van der Waals surface area contributed by atoms with Crippen molar-refractivity contribution in [2.24, 2.45) is 0 Å². The molecule has 0 aliphatic carbocycles. The highest BCUT2D eigenvalue weighted by Crippen LogP contribution is 2.57. The van der Waals surface area contributed by atoms with Crippen LogP contribution in [0.1, 0.15) is 12.8 Å². The molecule has 0 saturated carbocycles. The Morgan fingerprint density at radius 1 is 0.556 bits per heavy atom. The van der Waals surface area contributed by atoms with Gasteiger partial charge in [0.1, 0.15) is 11.5 Å². The van der Waals surface area contributed by atoms with E-state index in [4.69, 9.17) is 20.5 Å². The minimum absolute atomic E-state index is 0.350. The summed E-state index contributed by atoms with van der Waals surface area (Å²) in [6.45, 7) is 0. The van der Waals surface area contributed by atoms with Gasteiger partial charge in [-0.25, -0.2) is 0 Å². The van der Waals surface area contributed by atoms with Crippen molar-refractivity contribution in [1.29, 1.82) is 0 Å². The number of benzene rings is 4. The number of nitrogen functional groups attached to an aromatic ring is 2. The molecule has 2 aliphatic heterocycles. The molecule has 8 heteroatoms. The number of fused-ring (bicyclic) bond motifs is 6. The number of rotatable bonds is 5. The minimum atomic E-state index is -3.15. The molecule has 0 radical (unpaired) electrons. The van der Waals surface area contributed by atoms with Gasteiger partial charge in [0.05, 0.1) is 10.6 Å². The summed E-state index contributed by atoms with van der Waals surface area (Å²) in [7, 11) is -6.31. The standard InChI is InChI=1S/C28H26N2O4P2/c29-19-11-13-25-23(17-19)21-7-1-3-9-27(21)35(31,33-25)15-5-6-16-36(32)28-10-4-2-8-22(28)24-18-20(30)12-14-26(24)34-36/h1-4,7-14,17-18H,5-6,15-16,29-30H2. The van der Waals surface area contributed by atoms with E-state index in [2.05, 4.69) is 0 Å². The second kappa shape index (κ2) is 8.58. The van der Waals surface area contributed by atoms with Gasteiger partial charge in [0.2, 0.25) is 0 Å². The maximum atomic E-state index is 14.1. The molecule has 0 saturated heterocycles. The fraction of sp³-hybridized carbons (Fsp3) is 0.143. The van der Waals surface area contributed by atoms with Gasteiger partial charge in [0, 0.05) is 34.8 Å². The van der Waals surface area contributed by atoms with Gasteiger partial charge in [0.25, 0.3) is 14.7 Å². The molecule has 0 fully saturated rings. The van der Waals surface area contributed by atoms with E-state index in [1.807, 2.05) is 60.7 Å². The van der Waals surface area contributed by atoms with Crippen LogP contribution in [0.4, 0.5) is 11.4 Å². The van der Waals surface area contributed by atoms with Gasteiger partial charge in [-0.1, -0.05) is 36.4 Å². The van der Waals surface area contributed by atoms with Crippen molar-refractivity contribution in [3.63, 3.8) is 0 Å². The van der Waals surface area contributed by atoms with E-state index < -0.39 is 14.7 Å². The Hall–Kier alpha value is -3.46. The highest BCUT2D eigenvalue weighted by atomic mass is 31.2. The number of nitrogens with two attached hydrogens (primary N) is 2. The van der Waals surface area contributed by atoms with Crippen LogP contribution in [0.15, 0.2) is 84.9 Å². The third-order valence-corrected chi connectivity index (χ3v) is 11.8. The molecular weight excluding hydrogens is 490 g/mol. The third kappa shape index (κ3) is 3.82. The van der Waals surface area contributed by atoms with Crippen LogP contribution in [-0.4, -0.2) is 12.3 Å². The lowest BCUT2D eigenvalue weighted by Crippen LogP contribution is -2.21. The van der Waals surface area contributed by atoms with Crippen LogP contribution in [0, 0.1) is 0 Å². The Morgan fingerprint density at radius 2 is 0.972 bits per heavy atom. The monoisotopic (exact) mass is 516 g/mol. The molecule has 4 N–H and O–H groups in total. The molecule has 0 spiro atoms. The Bertz CT molecular complexity index is 1480. The van der Waals surface area contributed by atoms with Crippen molar-refractivity contribution in [3.05, 3.63) is 84.9 Å². The van der Waals surface area contributed by atoms with Crippen LogP contribution >= 0.6 is 14.7 Å². The van der Waals surface area contributed by atoms with E-state index in [1.54, 1.807) is 24.3 Å². The van der Waals surface area contributed by atoms with Crippen molar-refractivity contribution in [1.82, 2.24) is 0 Å². The quantitative estimate of drug-likeness (QED) is 0.184. The lowest BCUT2D eigenvalue weighted by molar-refractivity contribution is 0.482. The Kier molecular flexibility index (Phi) is 5.48. The van der Waals surface area contributed by atoms with Crippen molar-refractivity contribution >= 4 is 36.7 Å². The maximum absolute atomic E-state index is 14.1. The molecule has 6 rings (SSSR count). The summed E-state index contributed by atoms with van der Waals surface area (Å²) in [5.74, 6) is 1.17. The van der Waals surface area contributed by atoms with E-state index in [-0.39, 0.29) is 0 Å². The molecular formula is C28H26N2O4P2. The Morgan fingerprint density at radius 3 is 1.42 bits per heavy atom. The molecule has 4 aromatic rings. The van der Waals surface area contributed by atoms with Gasteiger partial charge in [0.15, 0.2) is 0 Å². The molecule has 36 heavy (non-hydrogen) atoms. The first kappa shape index (κ1) is 23.0. The molecule has 0 bridgehead atoms. The van der Waals surface area contributed by atoms with Crippen LogP contribution in [0.3, 0.4) is 0 Å². The molecule has 0 amide bonds. The predicted octanol–water partition coefficient (Wildman–Crippen LogP) is 6.26. The first-order valence-electron chi connectivity index (χ1n) is 11.9. The fourth-order valence-corrected chi connectivity index (χ4v) is 9.91. The molecule has 6 nitrogen and oxygen atoms in total. The first-order chi connectivity index (χ1) is 17.4. The van der Waals surface area contributed by atoms with E-state index in [0.717, 1.165) is 22.3 Å². The zero-order valence-corrected chi connectivity index (χ0v) is 21.4. The lowest BCUT2D eigenvalue weighted by atomic mass is 10.0. The molecule has 182 valence electrons. The Balaban J connectivity index is 1.22. The SMILES string of the molecule is Nc1ccc2c(c1)-c1ccccc1P(=O)(CCCCP1(=O)Oc3ccc(N)cc3-c3ccccc31)O2. The summed E-state index contributed by atoms with van der Waals surface area (Å²) in [6, 6.07) is 26.0. The zero-order chi connectivity index (χ0) is 24.9. The smallest absolute Gasteiger partial charge is 0.277 e. The van der Waals surface area contributed by atoms with Gasteiger partial charge in [-0.3, -0.25) is 9.13 Å². The van der Waals surface area contributed by atoms with Gasteiger partial charge < -0.3 is 20.5 Å². The maximum Gasteiger partial charge on any atom is 0.277 e. The minimum Gasteiger partial charge on any atom is -0.439 e. The van der Waals surface area contributed by atoms with Crippen LogP contribution in [-0.2, 0) is 9.13 Å². The normalized spacial score (nSPS) is 21.2. The van der Waals surface area contributed by atoms with E-state index in [0.29, 0.717) is 58.6 Å². The highest BCUT2D eigenvalue weighted by Gasteiger charge is 2.38. The second-order valence-electron chi connectivity index (χ2n) is 9.23. The summed E-state index contributed by atoms with van der Waals surface area (Å²) in [6.07, 6.45) is 1.87. The van der Waals surface area contributed by atoms with Gasteiger partial charge in [-0.05, 0) is 72.5 Å². The summed E-state index contributed by atoms with van der Waals surface area (Å²) >= 11 is 0. The summed E-state index contributed by atoms with van der Waals surface area (Å²) < 4.78 is 40.4. The van der Waals surface area contributed by atoms with E-state index in [9.17, 15) is 9.13 Å². The zero-order valence-electron chi connectivity index (χ0n) is 19.6. The van der Waals surface area contributed by atoms with Gasteiger partial charge in [-0.15, -0.1) is 0 Å². The van der Waals surface area contributed by atoms with Crippen molar-refractivity contribution < 1.29 is 18.2 Å². The van der Waals surface area contributed by atoms with E-state index in [1.165, 1.54) is 0 Å². The average molecular weight is 516 g/mol. The molecule has 4 aromatic carbocycles. The number of hydrogen-bond acceptors (Lipinski definition) is 6. The van der Waals surface area contributed by atoms with Crippen molar-refractivity contribution in [3.8, 4) is 33.8 Å². The lowest BCUT2D eigenvalue weighted by Gasteiger charge is -2.30. The molecule has 0 aromatic heterocycles. The fourth-order valence-electron chi connectivity index (χ4n) is 5.06. The van der Waals surface area contributed by atoms with Gasteiger partial charge >= 0.3 is 0 Å². The van der Waals surface area contributed by atoms with Gasteiger partial charge in [-0.2, -0.15) is 0 Å². The second-order valence-corrected chi connectivity index (χ2v) is 14.1. The molecule has 2 unspecified atom stereocenters. The first-order valence-corrected chi connectivity index (χ1v) is 15.5.